The summed E-state index contributed by atoms with van der Waals surface area (Å²) in [6, 6.07) is 0. The molecule has 2 atom stereocenters. The molecule has 1 fully saturated rings. The van der Waals surface area contributed by atoms with Crippen molar-refractivity contribution >= 4 is 0 Å². The van der Waals surface area contributed by atoms with Gasteiger partial charge in [-0.2, -0.15) is 0 Å². The molecular formula is C11H22O4. The molecule has 15 heavy (non-hydrogen) atoms. The van der Waals surface area contributed by atoms with E-state index in [0.29, 0.717) is 6.42 Å². The number of unbranched alkanes of at least 4 members (excludes halogenated alkanes) is 1. The molecule has 0 aromatic carbocycles. The van der Waals surface area contributed by atoms with Crippen molar-refractivity contribution in [3.63, 3.8) is 0 Å². The SMILES string of the molecule is CCCCC1(OC)CCC(CCO)OO1. The Kier molecular flexibility index (Phi) is 5.53. The molecule has 0 saturated carbocycles. The van der Waals surface area contributed by atoms with Gasteiger partial charge in [0.05, 0.1) is 6.10 Å². The van der Waals surface area contributed by atoms with E-state index in [-0.39, 0.29) is 12.7 Å². The zero-order chi connectivity index (χ0) is 11.1. The molecule has 1 rings (SSSR count). The van der Waals surface area contributed by atoms with Crippen LogP contribution in [-0.2, 0) is 14.5 Å². The minimum Gasteiger partial charge on any atom is -0.396 e. The number of hydrogen-bond donors (Lipinski definition) is 1. The quantitative estimate of drug-likeness (QED) is 0.693. The van der Waals surface area contributed by atoms with Crippen LogP contribution in [0.2, 0.25) is 0 Å². The number of aliphatic hydroxyl groups excluding tert-OH is 1. The minimum absolute atomic E-state index is 0.0138. The molecule has 1 aliphatic rings. The second-order valence-corrected chi connectivity index (χ2v) is 4.07. The summed E-state index contributed by atoms with van der Waals surface area (Å²) in [5.74, 6) is -0.554. The van der Waals surface area contributed by atoms with Gasteiger partial charge in [0, 0.05) is 26.6 Å². The summed E-state index contributed by atoms with van der Waals surface area (Å²) in [4.78, 5) is 10.6. The molecule has 0 bridgehead atoms. The van der Waals surface area contributed by atoms with Gasteiger partial charge < -0.3 is 9.84 Å². The summed E-state index contributed by atoms with van der Waals surface area (Å²) in [7, 11) is 1.66. The Labute approximate surface area is 91.4 Å². The molecule has 1 heterocycles. The summed E-state index contributed by atoms with van der Waals surface area (Å²) < 4.78 is 5.40. The number of hydrogen-bond acceptors (Lipinski definition) is 4. The van der Waals surface area contributed by atoms with Gasteiger partial charge in [-0.05, 0) is 19.3 Å². The Hall–Kier alpha value is -0.160. The Morgan fingerprint density at radius 2 is 2.33 bits per heavy atom. The monoisotopic (exact) mass is 218 g/mol. The fourth-order valence-electron chi connectivity index (χ4n) is 1.81. The van der Waals surface area contributed by atoms with E-state index in [0.717, 1.165) is 32.1 Å². The highest BCUT2D eigenvalue weighted by atomic mass is 17.2. The normalized spacial score (nSPS) is 31.8. The van der Waals surface area contributed by atoms with E-state index in [4.69, 9.17) is 19.6 Å². The lowest BCUT2D eigenvalue weighted by Gasteiger charge is -2.37. The van der Waals surface area contributed by atoms with Crippen LogP contribution >= 0.6 is 0 Å². The van der Waals surface area contributed by atoms with Crippen molar-refractivity contribution in [1.82, 2.24) is 0 Å². The first kappa shape index (κ1) is 12.9. The summed E-state index contributed by atoms with van der Waals surface area (Å²) in [6.45, 7) is 2.28. The third-order valence-corrected chi connectivity index (χ3v) is 2.92. The van der Waals surface area contributed by atoms with Gasteiger partial charge in [0.15, 0.2) is 0 Å². The lowest BCUT2D eigenvalue weighted by molar-refractivity contribution is -0.467. The lowest BCUT2D eigenvalue weighted by atomic mass is 9.99. The molecule has 0 aromatic heterocycles. The molecule has 0 amide bonds. The van der Waals surface area contributed by atoms with Crippen LogP contribution in [0.5, 0.6) is 0 Å². The van der Waals surface area contributed by atoms with Crippen LogP contribution in [0.1, 0.15) is 45.4 Å². The first-order chi connectivity index (χ1) is 7.26. The summed E-state index contributed by atoms with van der Waals surface area (Å²) >= 11 is 0. The molecule has 1 N–H and O–H groups in total. The average molecular weight is 218 g/mol. The first-order valence-electron chi connectivity index (χ1n) is 5.77. The van der Waals surface area contributed by atoms with Gasteiger partial charge in [0.2, 0.25) is 5.79 Å². The fraction of sp³-hybridized carbons (Fsp3) is 1.00. The number of rotatable bonds is 6. The van der Waals surface area contributed by atoms with Crippen LogP contribution in [0.25, 0.3) is 0 Å². The Balaban J connectivity index is 2.36. The van der Waals surface area contributed by atoms with Crippen LogP contribution in [0.15, 0.2) is 0 Å². The maximum atomic E-state index is 8.78. The maximum Gasteiger partial charge on any atom is 0.201 e. The highest BCUT2D eigenvalue weighted by Gasteiger charge is 2.37. The number of methoxy groups -OCH3 is 1. The van der Waals surface area contributed by atoms with Gasteiger partial charge in [-0.1, -0.05) is 13.3 Å². The van der Waals surface area contributed by atoms with E-state index in [2.05, 4.69) is 6.92 Å². The van der Waals surface area contributed by atoms with E-state index < -0.39 is 5.79 Å². The molecule has 0 spiro atoms. The first-order valence-corrected chi connectivity index (χ1v) is 5.77. The summed E-state index contributed by atoms with van der Waals surface area (Å²) in [5.41, 5.74) is 0. The van der Waals surface area contributed by atoms with Crippen LogP contribution in [0.3, 0.4) is 0 Å². The number of aliphatic hydroxyl groups is 1. The zero-order valence-corrected chi connectivity index (χ0v) is 9.70. The third-order valence-electron chi connectivity index (χ3n) is 2.92. The summed E-state index contributed by atoms with van der Waals surface area (Å²) in [5, 5.41) is 8.78. The van der Waals surface area contributed by atoms with Gasteiger partial charge >= 0.3 is 0 Å². The molecule has 4 nitrogen and oxygen atoms in total. The highest BCUT2D eigenvalue weighted by Crippen LogP contribution is 2.32. The molecular weight excluding hydrogens is 196 g/mol. The third kappa shape index (κ3) is 3.72. The van der Waals surface area contributed by atoms with Crippen LogP contribution in [0.4, 0.5) is 0 Å². The van der Waals surface area contributed by atoms with Crippen molar-refractivity contribution in [2.45, 2.75) is 57.3 Å². The summed E-state index contributed by atoms with van der Waals surface area (Å²) in [6.07, 6.45) is 5.43. The Morgan fingerprint density at radius 3 is 2.80 bits per heavy atom. The second kappa shape index (κ2) is 6.43. The van der Waals surface area contributed by atoms with Crippen molar-refractivity contribution in [2.75, 3.05) is 13.7 Å². The molecule has 90 valence electrons. The van der Waals surface area contributed by atoms with Gasteiger partial charge in [-0.25, -0.2) is 9.78 Å². The molecule has 0 aliphatic carbocycles. The molecule has 2 unspecified atom stereocenters. The van der Waals surface area contributed by atoms with E-state index in [9.17, 15) is 0 Å². The molecule has 0 aromatic rings. The molecule has 1 aliphatic heterocycles. The smallest absolute Gasteiger partial charge is 0.201 e. The predicted molar refractivity (Wildman–Crippen MR) is 56.2 cm³/mol. The van der Waals surface area contributed by atoms with E-state index in [1.54, 1.807) is 7.11 Å². The molecule has 1 saturated heterocycles. The maximum absolute atomic E-state index is 8.78. The Morgan fingerprint density at radius 1 is 1.53 bits per heavy atom. The van der Waals surface area contributed by atoms with E-state index in [1.165, 1.54) is 0 Å². The van der Waals surface area contributed by atoms with Gasteiger partial charge in [-0.15, -0.1) is 0 Å². The minimum atomic E-state index is -0.554. The van der Waals surface area contributed by atoms with Crippen molar-refractivity contribution in [3.05, 3.63) is 0 Å². The van der Waals surface area contributed by atoms with Crippen molar-refractivity contribution in [3.8, 4) is 0 Å². The van der Waals surface area contributed by atoms with Gasteiger partial charge in [0.1, 0.15) is 0 Å². The van der Waals surface area contributed by atoms with E-state index >= 15 is 0 Å². The van der Waals surface area contributed by atoms with Crippen LogP contribution < -0.4 is 0 Å². The standard InChI is InChI=1S/C11H22O4/c1-3-4-7-11(13-2)8-5-10(6-9-12)14-15-11/h10,12H,3-9H2,1-2H3. The average Bonchev–Trinajstić information content (AvgIpc) is 2.29. The topological polar surface area (TPSA) is 47.9 Å². The van der Waals surface area contributed by atoms with Crippen molar-refractivity contribution in [2.24, 2.45) is 0 Å². The Bertz CT molecular complexity index is 164. The van der Waals surface area contributed by atoms with E-state index in [1.807, 2.05) is 0 Å². The predicted octanol–water partition coefficient (Wildman–Crippen LogP) is 2.01. The molecule has 0 radical (unpaired) electrons. The number of ether oxygens (including phenoxy) is 1. The van der Waals surface area contributed by atoms with Crippen LogP contribution in [-0.4, -0.2) is 30.7 Å². The van der Waals surface area contributed by atoms with Gasteiger partial charge in [-0.3, -0.25) is 0 Å². The highest BCUT2D eigenvalue weighted by molar-refractivity contribution is 4.74. The van der Waals surface area contributed by atoms with Crippen molar-refractivity contribution in [1.29, 1.82) is 0 Å². The largest absolute Gasteiger partial charge is 0.396 e. The lowest BCUT2D eigenvalue weighted by Crippen LogP contribution is -2.41. The van der Waals surface area contributed by atoms with Crippen molar-refractivity contribution < 1.29 is 19.6 Å². The fourth-order valence-corrected chi connectivity index (χ4v) is 1.81. The van der Waals surface area contributed by atoms with Crippen LogP contribution in [0, 0.1) is 0 Å². The molecule has 4 heteroatoms. The van der Waals surface area contributed by atoms with Gasteiger partial charge in [0.25, 0.3) is 0 Å². The second-order valence-electron chi connectivity index (χ2n) is 4.07. The zero-order valence-electron chi connectivity index (χ0n) is 9.70.